The Kier molecular flexibility index (Phi) is 9.96. The van der Waals surface area contributed by atoms with Crippen LogP contribution in [0.15, 0.2) is 35.9 Å². The number of thiol groups is 1. The average molecular weight is 536 g/mol. The van der Waals surface area contributed by atoms with Gasteiger partial charge in [-0.05, 0) is 69.5 Å². The second kappa shape index (κ2) is 11.4. The molecule has 6 atom stereocenters. The van der Waals surface area contributed by atoms with Crippen molar-refractivity contribution in [3.05, 3.63) is 46.5 Å². The summed E-state index contributed by atoms with van der Waals surface area (Å²) in [6, 6.07) is 7.95. The number of rotatable bonds is 9. The lowest BCUT2D eigenvalue weighted by Gasteiger charge is -2.46. The van der Waals surface area contributed by atoms with Crippen LogP contribution >= 0.6 is 11.6 Å². The molecule has 176 valence electrons. The molecule has 1 saturated heterocycles. The number of aliphatic hydroxyl groups excluding tert-OH is 1. The average Bonchev–Trinajstić information content (AvgIpc) is 3.37. The monoisotopic (exact) mass is 534 g/mol. The van der Waals surface area contributed by atoms with E-state index in [0.29, 0.717) is 18.6 Å². The number of epoxide rings is 1. The van der Waals surface area contributed by atoms with Crippen molar-refractivity contribution in [1.29, 1.82) is 0 Å². The normalized spacial score (nSPS) is 34.7. The van der Waals surface area contributed by atoms with Crippen molar-refractivity contribution in [2.24, 2.45) is 5.92 Å². The van der Waals surface area contributed by atoms with Crippen molar-refractivity contribution in [3.63, 3.8) is 0 Å². The van der Waals surface area contributed by atoms with E-state index >= 15 is 0 Å². The lowest BCUT2D eigenvalue weighted by atomic mass is 9.66. The highest BCUT2D eigenvalue weighted by molar-refractivity contribution is 7.78. The van der Waals surface area contributed by atoms with Gasteiger partial charge in [0, 0.05) is 18.6 Å². The minimum absolute atomic E-state index is 0. The molecule has 2 fully saturated rings. The minimum atomic E-state index is -0.907. The molecule has 1 aliphatic carbocycles. The number of aryl methyl sites for hydroxylation is 1. The van der Waals surface area contributed by atoms with Gasteiger partial charge >= 0.3 is 0 Å². The van der Waals surface area contributed by atoms with E-state index in [9.17, 15) is 10.2 Å². The Morgan fingerprint density at radius 3 is 2.61 bits per heavy atom. The van der Waals surface area contributed by atoms with Gasteiger partial charge in [-0.15, -0.1) is 0 Å². The largest absolute Gasteiger partial charge is 1.00 e. The van der Waals surface area contributed by atoms with E-state index in [1.807, 2.05) is 12.1 Å². The SMILES string of the molecule is COC1C(O)CCC(O)(C[SH+]CCc2ccc(Cl)cc2)C1C1(C)OC1CC=C(C)C.[Br-]. The summed E-state index contributed by atoms with van der Waals surface area (Å²) in [4.78, 5) is 0. The van der Waals surface area contributed by atoms with E-state index in [1.165, 1.54) is 22.9 Å². The summed E-state index contributed by atoms with van der Waals surface area (Å²) in [5.41, 5.74) is 1.13. The first-order valence-corrected chi connectivity index (χ1v) is 12.5. The zero-order valence-corrected chi connectivity index (χ0v) is 22.1. The molecule has 7 heteroatoms. The lowest BCUT2D eigenvalue weighted by molar-refractivity contribution is -0.169. The Morgan fingerprint density at radius 1 is 1.32 bits per heavy atom. The predicted octanol–water partition coefficient (Wildman–Crippen LogP) is 0.732. The summed E-state index contributed by atoms with van der Waals surface area (Å²) in [7, 11) is 1.63. The first-order valence-electron chi connectivity index (χ1n) is 10.8. The molecule has 31 heavy (non-hydrogen) atoms. The second-order valence-corrected chi connectivity index (χ2v) is 10.8. The van der Waals surface area contributed by atoms with Gasteiger partial charge < -0.3 is 36.7 Å². The van der Waals surface area contributed by atoms with Crippen molar-refractivity contribution < 1.29 is 36.7 Å². The number of allylic oxidation sites excluding steroid dienone is 1. The molecular weight excluding hydrogens is 500 g/mol. The standard InChI is InChI=1S/C24H35ClO4S.BrH/c1-16(2)5-10-20-23(3,29-20)22-21(28-4)19(26)11-13-24(22,27)15-30-14-12-17-6-8-18(25)9-7-17;/h5-9,19-22,26-27H,10-15H2,1-4H3;1H. The van der Waals surface area contributed by atoms with E-state index in [1.54, 1.807) is 7.11 Å². The Balaban J connectivity index is 0.00000341. The van der Waals surface area contributed by atoms with Gasteiger partial charge in [-0.1, -0.05) is 35.4 Å². The number of aliphatic hydroxyl groups is 2. The molecule has 2 N–H and O–H groups in total. The zero-order valence-electron chi connectivity index (χ0n) is 18.9. The molecule has 0 bridgehead atoms. The topological polar surface area (TPSA) is 62.2 Å². The van der Waals surface area contributed by atoms with Gasteiger partial charge in [0.1, 0.15) is 22.7 Å². The fourth-order valence-corrected chi connectivity index (χ4v) is 6.32. The quantitative estimate of drug-likeness (QED) is 0.161. The molecule has 1 heterocycles. The summed E-state index contributed by atoms with van der Waals surface area (Å²) in [6.07, 6.45) is 4.14. The van der Waals surface area contributed by atoms with Crippen LogP contribution in [0.3, 0.4) is 0 Å². The molecule has 6 unspecified atom stereocenters. The third-order valence-electron chi connectivity index (χ3n) is 6.63. The van der Waals surface area contributed by atoms with Crippen LogP contribution in [-0.4, -0.2) is 58.3 Å². The van der Waals surface area contributed by atoms with Crippen molar-refractivity contribution in [2.75, 3.05) is 18.6 Å². The number of methoxy groups -OCH3 is 1. The Hall–Kier alpha value is -0.0800. The Labute approximate surface area is 206 Å². The summed E-state index contributed by atoms with van der Waals surface area (Å²) >= 11 is 7.16. The van der Waals surface area contributed by atoms with E-state index < -0.39 is 23.4 Å². The number of benzene rings is 1. The Bertz CT molecular complexity index is 742. The first kappa shape index (κ1) is 27.2. The minimum Gasteiger partial charge on any atom is -1.00 e. The molecule has 1 aromatic carbocycles. The number of ether oxygens (including phenoxy) is 2. The molecule has 0 spiro atoms. The third kappa shape index (κ3) is 6.50. The van der Waals surface area contributed by atoms with Crippen LogP contribution in [0.2, 0.25) is 5.02 Å². The molecule has 0 aromatic heterocycles. The summed E-state index contributed by atoms with van der Waals surface area (Å²) in [6.45, 7) is 6.23. The zero-order chi connectivity index (χ0) is 21.9. The summed E-state index contributed by atoms with van der Waals surface area (Å²) in [5, 5.41) is 23.1. The second-order valence-electron chi connectivity index (χ2n) is 9.18. The molecule has 1 aromatic rings. The van der Waals surface area contributed by atoms with Gasteiger partial charge in [-0.3, -0.25) is 0 Å². The van der Waals surface area contributed by atoms with Crippen LogP contribution in [0.4, 0.5) is 0 Å². The van der Waals surface area contributed by atoms with Gasteiger partial charge in [0.2, 0.25) is 0 Å². The van der Waals surface area contributed by atoms with Gasteiger partial charge in [-0.2, -0.15) is 0 Å². The molecule has 0 amide bonds. The molecular formula is C24H36BrClO4S. The van der Waals surface area contributed by atoms with Crippen molar-refractivity contribution >= 4 is 23.4 Å². The van der Waals surface area contributed by atoms with Gasteiger partial charge in [-0.25, -0.2) is 0 Å². The molecule has 0 radical (unpaired) electrons. The molecule has 4 nitrogen and oxygen atoms in total. The lowest BCUT2D eigenvalue weighted by Crippen LogP contribution is -3.00. The molecule has 2 aliphatic rings. The third-order valence-corrected chi connectivity index (χ3v) is 8.19. The van der Waals surface area contributed by atoms with Gasteiger partial charge in [0.15, 0.2) is 0 Å². The molecule has 1 saturated carbocycles. The van der Waals surface area contributed by atoms with Crippen molar-refractivity contribution in [3.8, 4) is 0 Å². The van der Waals surface area contributed by atoms with Crippen LogP contribution < -0.4 is 17.0 Å². The maximum atomic E-state index is 11.7. The summed E-state index contributed by atoms with van der Waals surface area (Å²) in [5.74, 6) is 1.37. The first-order chi connectivity index (χ1) is 14.2. The maximum Gasteiger partial charge on any atom is 0.134 e. The van der Waals surface area contributed by atoms with Gasteiger partial charge in [0.25, 0.3) is 0 Å². The molecule has 3 rings (SSSR count). The smallest absolute Gasteiger partial charge is 0.134 e. The van der Waals surface area contributed by atoms with Crippen LogP contribution in [0.1, 0.15) is 45.6 Å². The van der Waals surface area contributed by atoms with Crippen molar-refractivity contribution in [1.82, 2.24) is 0 Å². The van der Waals surface area contributed by atoms with E-state index in [2.05, 4.69) is 39.0 Å². The number of hydrogen-bond donors (Lipinski definition) is 2. The van der Waals surface area contributed by atoms with E-state index in [-0.39, 0.29) is 29.0 Å². The number of hydrogen-bond acceptors (Lipinski definition) is 4. The maximum absolute atomic E-state index is 11.7. The van der Waals surface area contributed by atoms with E-state index in [4.69, 9.17) is 21.1 Å². The van der Waals surface area contributed by atoms with Crippen LogP contribution in [0.5, 0.6) is 0 Å². The fraction of sp³-hybridized carbons (Fsp3) is 0.667. The molecule has 1 aliphatic heterocycles. The highest BCUT2D eigenvalue weighted by Crippen LogP contribution is 2.54. The predicted molar refractivity (Wildman–Crippen MR) is 125 cm³/mol. The van der Waals surface area contributed by atoms with Gasteiger partial charge in [0.05, 0.1) is 24.2 Å². The van der Waals surface area contributed by atoms with Crippen LogP contribution in [-0.2, 0) is 27.7 Å². The Morgan fingerprint density at radius 2 is 2.00 bits per heavy atom. The highest BCUT2D eigenvalue weighted by atomic mass is 79.9. The fourth-order valence-electron chi connectivity index (χ4n) is 4.88. The van der Waals surface area contributed by atoms with Crippen LogP contribution in [0.25, 0.3) is 0 Å². The van der Waals surface area contributed by atoms with E-state index in [0.717, 1.165) is 23.6 Å². The highest BCUT2D eigenvalue weighted by Gasteiger charge is 2.67. The van der Waals surface area contributed by atoms with Crippen LogP contribution in [0, 0.1) is 5.92 Å². The number of halogens is 2. The summed E-state index contributed by atoms with van der Waals surface area (Å²) < 4.78 is 11.9. The van der Waals surface area contributed by atoms with Crippen molar-refractivity contribution in [2.45, 2.75) is 76.0 Å².